The van der Waals surface area contributed by atoms with E-state index in [9.17, 15) is 4.79 Å². The van der Waals surface area contributed by atoms with Gasteiger partial charge in [-0.15, -0.1) is 21.5 Å². The van der Waals surface area contributed by atoms with Crippen LogP contribution in [0.15, 0.2) is 34.2 Å². The van der Waals surface area contributed by atoms with Gasteiger partial charge in [-0.25, -0.2) is 8.97 Å². The topological polar surface area (TPSA) is 52.2 Å². The smallest absolute Gasteiger partial charge is 0.268 e. The van der Waals surface area contributed by atoms with E-state index in [2.05, 4.69) is 21.5 Å². The average Bonchev–Trinajstić information content (AvgIpc) is 3.25. The molecule has 0 amide bonds. The number of thiophene rings is 1. The van der Waals surface area contributed by atoms with Crippen molar-refractivity contribution in [2.45, 2.75) is 44.2 Å². The van der Waals surface area contributed by atoms with Crippen molar-refractivity contribution in [3.63, 3.8) is 0 Å². The van der Waals surface area contributed by atoms with E-state index < -0.39 is 0 Å². The van der Waals surface area contributed by atoms with Gasteiger partial charge in [-0.2, -0.15) is 0 Å². The number of aromatic nitrogens is 4. The zero-order chi connectivity index (χ0) is 18.7. The van der Waals surface area contributed by atoms with Crippen LogP contribution in [0.4, 0.5) is 0 Å². The van der Waals surface area contributed by atoms with Crippen LogP contribution in [-0.2, 0) is 6.42 Å². The highest BCUT2D eigenvalue weighted by Gasteiger charge is 2.28. The van der Waals surface area contributed by atoms with E-state index in [0.29, 0.717) is 11.7 Å². The van der Waals surface area contributed by atoms with Gasteiger partial charge >= 0.3 is 0 Å². The Bertz CT molecular complexity index is 1230. The molecule has 0 saturated carbocycles. The molecule has 5 nitrogen and oxygen atoms in total. The molecule has 0 bridgehead atoms. The van der Waals surface area contributed by atoms with E-state index >= 15 is 0 Å². The molecule has 0 radical (unpaired) electrons. The van der Waals surface area contributed by atoms with Gasteiger partial charge in [0.1, 0.15) is 4.83 Å². The zero-order valence-electron chi connectivity index (χ0n) is 15.5. The summed E-state index contributed by atoms with van der Waals surface area (Å²) < 4.78 is 3.79. The SMILES string of the molecule is CSc1nnc2n(-c3ccc(C)cc3)c(=O)c3c4c(sc3n12)CCC[C@H]4C. The summed E-state index contributed by atoms with van der Waals surface area (Å²) in [6.07, 6.45) is 5.38. The number of fused-ring (bicyclic) bond motifs is 5. The summed E-state index contributed by atoms with van der Waals surface area (Å²) in [7, 11) is 0. The molecule has 1 aliphatic rings. The Morgan fingerprint density at radius 2 is 2.00 bits per heavy atom. The van der Waals surface area contributed by atoms with Crippen molar-refractivity contribution < 1.29 is 0 Å². The molecule has 0 aliphatic heterocycles. The first kappa shape index (κ1) is 17.0. The number of benzene rings is 1. The van der Waals surface area contributed by atoms with Crippen LogP contribution < -0.4 is 5.56 Å². The van der Waals surface area contributed by atoms with Crippen LogP contribution in [0.1, 0.15) is 41.7 Å². The van der Waals surface area contributed by atoms with Crippen LogP contribution in [0, 0.1) is 6.92 Å². The third-order valence-corrected chi connectivity index (χ3v) is 7.33. The minimum atomic E-state index is 0.0210. The van der Waals surface area contributed by atoms with Crippen molar-refractivity contribution in [1.82, 2.24) is 19.2 Å². The maximum Gasteiger partial charge on any atom is 0.268 e. The number of hydrogen-bond donors (Lipinski definition) is 0. The van der Waals surface area contributed by atoms with Gasteiger partial charge in [0.15, 0.2) is 5.16 Å². The molecule has 27 heavy (non-hydrogen) atoms. The Morgan fingerprint density at radius 1 is 1.22 bits per heavy atom. The van der Waals surface area contributed by atoms with Crippen LogP contribution in [0.3, 0.4) is 0 Å². The van der Waals surface area contributed by atoms with Crippen molar-refractivity contribution in [2.24, 2.45) is 0 Å². The normalized spacial score (nSPS) is 16.9. The first-order valence-corrected chi connectivity index (χ1v) is 11.2. The Balaban J connectivity index is 1.99. The highest BCUT2D eigenvalue weighted by molar-refractivity contribution is 7.98. The lowest BCUT2D eigenvalue weighted by atomic mass is 9.88. The van der Waals surface area contributed by atoms with Gasteiger partial charge in [0.05, 0.1) is 11.1 Å². The van der Waals surface area contributed by atoms with Gasteiger partial charge in [0.2, 0.25) is 5.78 Å². The molecule has 1 aliphatic carbocycles. The quantitative estimate of drug-likeness (QED) is 0.466. The Kier molecular flexibility index (Phi) is 3.91. The van der Waals surface area contributed by atoms with Gasteiger partial charge in [0.25, 0.3) is 5.56 Å². The van der Waals surface area contributed by atoms with Crippen LogP contribution >= 0.6 is 23.1 Å². The molecular formula is C20H20N4OS2. The summed E-state index contributed by atoms with van der Waals surface area (Å²) in [5.74, 6) is 1.00. The van der Waals surface area contributed by atoms with Gasteiger partial charge in [0, 0.05) is 4.88 Å². The lowest BCUT2D eigenvalue weighted by Gasteiger charge is -2.18. The second-order valence-corrected chi connectivity index (χ2v) is 9.07. The number of thioether (sulfide) groups is 1. The second kappa shape index (κ2) is 6.21. The zero-order valence-corrected chi connectivity index (χ0v) is 17.2. The monoisotopic (exact) mass is 396 g/mol. The molecule has 1 atom stereocenters. The van der Waals surface area contributed by atoms with Crippen molar-refractivity contribution >= 4 is 39.1 Å². The molecule has 0 unspecified atom stereocenters. The Hall–Kier alpha value is -2.12. The molecule has 1 aromatic carbocycles. The summed E-state index contributed by atoms with van der Waals surface area (Å²) in [4.78, 5) is 16.0. The fourth-order valence-electron chi connectivity index (χ4n) is 4.11. The van der Waals surface area contributed by atoms with Crippen LogP contribution in [0.5, 0.6) is 0 Å². The number of aryl methyl sites for hydroxylation is 2. The third kappa shape index (κ3) is 2.41. The fourth-order valence-corrected chi connectivity index (χ4v) is 6.10. The van der Waals surface area contributed by atoms with Crippen molar-refractivity contribution in [1.29, 1.82) is 0 Å². The average molecular weight is 397 g/mol. The van der Waals surface area contributed by atoms with E-state index in [1.807, 2.05) is 37.4 Å². The predicted octanol–water partition coefficient (Wildman–Crippen LogP) is 4.57. The summed E-state index contributed by atoms with van der Waals surface area (Å²) >= 11 is 3.30. The molecule has 7 heteroatoms. The molecule has 0 fully saturated rings. The maximum absolute atomic E-state index is 13.7. The standard InChI is InChI=1S/C20H20N4OS2/c1-11-7-9-13(10-8-11)23-17(25)16-15-12(2)5-4-6-14(15)27-18(16)24-19(23)21-22-20(24)26-3/h7-10,12H,4-6H2,1-3H3/t12-/m1/s1. The molecule has 3 aromatic heterocycles. The highest BCUT2D eigenvalue weighted by atomic mass is 32.2. The number of hydrogen-bond acceptors (Lipinski definition) is 5. The van der Waals surface area contributed by atoms with Crippen molar-refractivity contribution in [3.8, 4) is 5.69 Å². The Morgan fingerprint density at radius 3 is 2.74 bits per heavy atom. The summed E-state index contributed by atoms with van der Waals surface area (Å²) in [5.41, 5.74) is 3.26. The molecule has 4 aromatic rings. The minimum Gasteiger partial charge on any atom is -0.268 e. The second-order valence-electron chi connectivity index (χ2n) is 7.21. The van der Waals surface area contributed by atoms with E-state index in [-0.39, 0.29) is 5.56 Å². The Labute approximate surface area is 165 Å². The minimum absolute atomic E-state index is 0.0210. The van der Waals surface area contributed by atoms with E-state index in [1.165, 1.54) is 16.9 Å². The van der Waals surface area contributed by atoms with Crippen LogP contribution in [-0.4, -0.2) is 25.4 Å². The lowest BCUT2D eigenvalue weighted by molar-refractivity contribution is 0.601. The van der Waals surface area contributed by atoms with E-state index in [4.69, 9.17) is 0 Å². The molecule has 3 heterocycles. The molecule has 0 saturated heterocycles. The largest absolute Gasteiger partial charge is 0.268 e. The van der Waals surface area contributed by atoms with Gasteiger partial charge in [-0.05, 0) is 56.1 Å². The van der Waals surface area contributed by atoms with Gasteiger partial charge in [-0.3, -0.25) is 4.79 Å². The highest BCUT2D eigenvalue weighted by Crippen LogP contribution is 2.41. The van der Waals surface area contributed by atoms with Gasteiger partial charge in [-0.1, -0.05) is 36.4 Å². The van der Waals surface area contributed by atoms with E-state index in [1.54, 1.807) is 27.7 Å². The molecule has 0 N–H and O–H groups in total. The van der Waals surface area contributed by atoms with Crippen LogP contribution in [0.2, 0.25) is 0 Å². The summed E-state index contributed by atoms with van der Waals surface area (Å²) in [6.45, 7) is 4.29. The maximum atomic E-state index is 13.7. The third-order valence-electron chi connectivity index (χ3n) is 5.45. The van der Waals surface area contributed by atoms with Crippen molar-refractivity contribution in [3.05, 3.63) is 50.6 Å². The fraction of sp³-hybridized carbons (Fsp3) is 0.350. The predicted molar refractivity (Wildman–Crippen MR) is 112 cm³/mol. The molecule has 138 valence electrons. The van der Waals surface area contributed by atoms with E-state index in [0.717, 1.165) is 39.5 Å². The summed E-state index contributed by atoms with van der Waals surface area (Å²) in [6, 6.07) is 8.02. The van der Waals surface area contributed by atoms with Crippen LogP contribution in [0.25, 0.3) is 21.7 Å². The number of nitrogens with zero attached hydrogens (tertiary/aromatic N) is 4. The molecule has 5 rings (SSSR count). The lowest BCUT2D eigenvalue weighted by Crippen LogP contribution is -2.22. The first-order valence-electron chi connectivity index (χ1n) is 9.16. The number of rotatable bonds is 2. The molecular weight excluding hydrogens is 376 g/mol. The molecule has 0 spiro atoms. The van der Waals surface area contributed by atoms with Crippen molar-refractivity contribution in [2.75, 3.05) is 6.26 Å². The van der Waals surface area contributed by atoms with Gasteiger partial charge < -0.3 is 0 Å². The first-order chi connectivity index (χ1) is 13.1. The summed E-state index contributed by atoms with van der Waals surface area (Å²) in [5, 5.41) is 10.4.